The van der Waals surface area contributed by atoms with E-state index in [2.05, 4.69) is 4.99 Å². The molecule has 108 valence electrons. The minimum Gasteiger partial charge on any atom is -0.402 e. The van der Waals surface area contributed by atoms with Gasteiger partial charge in [0.05, 0.1) is 0 Å². The highest BCUT2D eigenvalue weighted by atomic mass is 19.1. The number of rotatable bonds is 4. The van der Waals surface area contributed by atoms with Crippen LogP contribution in [0.25, 0.3) is 0 Å². The van der Waals surface area contributed by atoms with Crippen molar-refractivity contribution in [3.8, 4) is 0 Å². The summed E-state index contributed by atoms with van der Waals surface area (Å²) in [5.41, 5.74) is 12.4. The van der Waals surface area contributed by atoms with E-state index in [4.69, 9.17) is 11.5 Å². The molecule has 1 saturated carbocycles. The summed E-state index contributed by atoms with van der Waals surface area (Å²) in [6.07, 6.45) is 9.40. The van der Waals surface area contributed by atoms with Crippen LogP contribution < -0.4 is 11.5 Å². The van der Waals surface area contributed by atoms with E-state index in [0.29, 0.717) is 17.9 Å². The lowest BCUT2D eigenvalue weighted by molar-refractivity contribution is 0.442. The minimum absolute atomic E-state index is 0.158. The van der Waals surface area contributed by atoms with Crippen molar-refractivity contribution in [1.82, 2.24) is 0 Å². The molecule has 3 nitrogen and oxygen atoms in total. The van der Waals surface area contributed by atoms with Crippen molar-refractivity contribution in [2.45, 2.75) is 44.4 Å². The van der Waals surface area contributed by atoms with Crippen molar-refractivity contribution in [3.05, 3.63) is 47.2 Å². The van der Waals surface area contributed by atoms with Gasteiger partial charge in [0.15, 0.2) is 0 Å². The predicted molar refractivity (Wildman–Crippen MR) is 80.9 cm³/mol. The summed E-state index contributed by atoms with van der Waals surface area (Å²) in [4.78, 5) is 3.91. The molecule has 1 aromatic carbocycles. The molecule has 4 N–H and O–H groups in total. The van der Waals surface area contributed by atoms with Crippen molar-refractivity contribution in [2.24, 2.45) is 16.5 Å². The Hall–Kier alpha value is -1.84. The molecule has 0 amide bonds. The van der Waals surface area contributed by atoms with Crippen LogP contribution in [0, 0.1) is 5.82 Å². The summed E-state index contributed by atoms with van der Waals surface area (Å²) >= 11 is 0. The van der Waals surface area contributed by atoms with E-state index >= 15 is 0 Å². The average molecular weight is 275 g/mol. The van der Waals surface area contributed by atoms with Gasteiger partial charge >= 0.3 is 0 Å². The molecule has 1 aromatic rings. The van der Waals surface area contributed by atoms with Gasteiger partial charge in [0.2, 0.25) is 0 Å². The third-order valence-corrected chi connectivity index (χ3v) is 3.88. The fraction of sp³-hybridized carbons (Fsp3) is 0.438. The highest BCUT2D eigenvalue weighted by Crippen LogP contribution is 2.33. The maximum Gasteiger partial charge on any atom is 0.138 e. The van der Waals surface area contributed by atoms with E-state index in [9.17, 15) is 4.39 Å². The Labute approximate surface area is 119 Å². The second-order valence-electron chi connectivity index (χ2n) is 5.29. The van der Waals surface area contributed by atoms with E-state index in [0.717, 1.165) is 5.56 Å². The molecule has 2 rings (SSSR count). The number of benzene rings is 1. The maximum absolute atomic E-state index is 14.1. The number of nitrogens with zero attached hydrogens (tertiary/aromatic N) is 1. The molecule has 0 aliphatic heterocycles. The fourth-order valence-corrected chi connectivity index (χ4v) is 2.71. The van der Waals surface area contributed by atoms with Crippen LogP contribution in [-0.2, 0) is 6.42 Å². The molecule has 1 aliphatic carbocycles. The summed E-state index contributed by atoms with van der Waals surface area (Å²) in [7, 11) is 0. The molecule has 20 heavy (non-hydrogen) atoms. The van der Waals surface area contributed by atoms with Gasteiger partial charge in [0, 0.05) is 18.8 Å². The highest BCUT2D eigenvalue weighted by molar-refractivity contribution is 5.63. The number of halogens is 1. The first-order valence-corrected chi connectivity index (χ1v) is 7.19. The zero-order valence-electron chi connectivity index (χ0n) is 11.7. The van der Waals surface area contributed by atoms with Crippen molar-refractivity contribution >= 4 is 6.21 Å². The second kappa shape index (κ2) is 7.08. The summed E-state index contributed by atoms with van der Waals surface area (Å²) in [6.45, 7) is 0. The Morgan fingerprint density at radius 1 is 1.30 bits per heavy atom. The van der Waals surface area contributed by atoms with Gasteiger partial charge in [-0.1, -0.05) is 31.4 Å². The first kappa shape index (κ1) is 14.6. The Balaban J connectivity index is 2.03. The molecule has 0 radical (unpaired) electrons. The number of aliphatic imine (C=N–C) groups is 1. The van der Waals surface area contributed by atoms with Gasteiger partial charge in [-0.05, 0) is 36.0 Å². The van der Waals surface area contributed by atoms with Gasteiger partial charge in [-0.2, -0.15) is 0 Å². The lowest BCUT2D eigenvalue weighted by Crippen LogP contribution is -2.05. The molecular weight excluding hydrogens is 253 g/mol. The molecule has 0 atom stereocenters. The molecular formula is C16H22FN3. The molecule has 1 aliphatic rings. The summed E-state index contributed by atoms with van der Waals surface area (Å²) in [5, 5.41) is 0. The minimum atomic E-state index is -0.158. The van der Waals surface area contributed by atoms with E-state index in [1.54, 1.807) is 12.3 Å². The Bertz CT molecular complexity index is 502. The average Bonchev–Trinajstić information content (AvgIpc) is 2.49. The van der Waals surface area contributed by atoms with Gasteiger partial charge in [-0.3, -0.25) is 0 Å². The molecule has 0 saturated heterocycles. The molecule has 1 fully saturated rings. The van der Waals surface area contributed by atoms with Crippen LogP contribution in [0.15, 0.2) is 35.2 Å². The quantitative estimate of drug-likeness (QED) is 0.829. The zero-order chi connectivity index (χ0) is 14.4. The molecule has 0 heterocycles. The SMILES string of the molecule is N/C=C(/N)N=CCc1ccc(C2CCCCC2)cc1F. The zero-order valence-corrected chi connectivity index (χ0v) is 11.7. The third-order valence-electron chi connectivity index (χ3n) is 3.88. The van der Waals surface area contributed by atoms with Crippen molar-refractivity contribution < 1.29 is 4.39 Å². The predicted octanol–water partition coefficient (Wildman–Crippen LogP) is 3.20. The summed E-state index contributed by atoms with van der Waals surface area (Å²) in [5.74, 6) is 0.607. The standard InChI is InChI=1S/C16H22FN3/c17-15-10-14(12-4-2-1-3-5-12)7-6-13(15)8-9-20-16(19)11-18/h6-7,9-12H,1-5,8,18-19H2/b16-11-,20-9?. The second-order valence-corrected chi connectivity index (χ2v) is 5.29. The topological polar surface area (TPSA) is 64.4 Å². The van der Waals surface area contributed by atoms with Crippen LogP contribution in [0.3, 0.4) is 0 Å². The number of hydrogen-bond acceptors (Lipinski definition) is 3. The van der Waals surface area contributed by atoms with E-state index in [-0.39, 0.29) is 11.6 Å². The molecule has 4 heteroatoms. The van der Waals surface area contributed by atoms with Crippen molar-refractivity contribution in [1.29, 1.82) is 0 Å². The van der Waals surface area contributed by atoms with Gasteiger partial charge in [0.1, 0.15) is 11.6 Å². The summed E-state index contributed by atoms with van der Waals surface area (Å²) < 4.78 is 14.1. The molecule has 0 aromatic heterocycles. The largest absolute Gasteiger partial charge is 0.402 e. The normalized spacial score (nSPS) is 17.8. The van der Waals surface area contributed by atoms with Crippen LogP contribution in [0.5, 0.6) is 0 Å². The fourth-order valence-electron chi connectivity index (χ4n) is 2.71. The van der Waals surface area contributed by atoms with Crippen LogP contribution in [0.4, 0.5) is 4.39 Å². The Kier molecular flexibility index (Phi) is 5.16. The van der Waals surface area contributed by atoms with Gasteiger partial charge in [-0.15, -0.1) is 0 Å². The van der Waals surface area contributed by atoms with Crippen LogP contribution >= 0.6 is 0 Å². The smallest absolute Gasteiger partial charge is 0.138 e. The summed E-state index contributed by atoms with van der Waals surface area (Å²) in [6, 6.07) is 5.58. The maximum atomic E-state index is 14.1. The lowest BCUT2D eigenvalue weighted by atomic mass is 9.84. The molecule has 0 spiro atoms. The van der Waals surface area contributed by atoms with Crippen LogP contribution in [-0.4, -0.2) is 6.21 Å². The Morgan fingerprint density at radius 2 is 2.05 bits per heavy atom. The van der Waals surface area contributed by atoms with Gasteiger partial charge < -0.3 is 11.5 Å². The van der Waals surface area contributed by atoms with Crippen LogP contribution in [0.1, 0.15) is 49.1 Å². The number of nitrogens with two attached hydrogens (primary N) is 2. The van der Waals surface area contributed by atoms with Gasteiger partial charge in [-0.25, -0.2) is 9.38 Å². The van der Waals surface area contributed by atoms with Gasteiger partial charge in [0.25, 0.3) is 0 Å². The molecule has 0 unspecified atom stereocenters. The van der Waals surface area contributed by atoms with Crippen molar-refractivity contribution in [2.75, 3.05) is 0 Å². The van der Waals surface area contributed by atoms with E-state index in [1.807, 2.05) is 12.1 Å². The Morgan fingerprint density at radius 3 is 2.70 bits per heavy atom. The number of hydrogen-bond donors (Lipinski definition) is 2. The lowest BCUT2D eigenvalue weighted by Gasteiger charge is -2.22. The highest BCUT2D eigenvalue weighted by Gasteiger charge is 2.16. The van der Waals surface area contributed by atoms with Crippen molar-refractivity contribution in [3.63, 3.8) is 0 Å². The first-order chi connectivity index (χ1) is 9.70. The first-order valence-electron chi connectivity index (χ1n) is 7.19. The van der Waals surface area contributed by atoms with E-state index < -0.39 is 0 Å². The van der Waals surface area contributed by atoms with E-state index in [1.165, 1.54) is 38.3 Å². The monoisotopic (exact) mass is 275 g/mol. The third kappa shape index (κ3) is 3.83. The van der Waals surface area contributed by atoms with Crippen LogP contribution in [0.2, 0.25) is 0 Å². The molecule has 0 bridgehead atoms.